The van der Waals surface area contributed by atoms with Crippen molar-refractivity contribution in [2.75, 3.05) is 26.2 Å². The summed E-state index contributed by atoms with van der Waals surface area (Å²) >= 11 is 0. The molecule has 0 radical (unpaired) electrons. The number of amides is 1. The number of rotatable bonds is 6. The number of nitrogens with one attached hydrogen (secondary N) is 2. The first-order valence-corrected chi connectivity index (χ1v) is 10.1. The number of aryl methyl sites for hydroxylation is 1. The number of nitrogens with zero attached hydrogens (tertiary/aromatic N) is 1. The topological polar surface area (TPSA) is 77.6 Å². The number of hydrogen-bond donors (Lipinski definition) is 3. The van der Waals surface area contributed by atoms with E-state index in [1.807, 2.05) is 37.3 Å². The molecule has 1 saturated heterocycles. The summed E-state index contributed by atoms with van der Waals surface area (Å²) < 4.78 is 5.78. The molecule has 1 fully saturated rings. The maximum Gasteiger partial charge on any atom is 0.253 e. The van der Waals surface area contributed by atoms with Crippen molar-refractivity contribution >= 4 is 16.8 Å². The highest BCUT2D eigenvalue weighted by Crippen LogP contribution is 2.26. The number of benzene rings is 2. The highest BCUT2D eigenvalue weighted by Gasteiger charge is 2.23. The molecule has 1 amide bonds. The number of aromatic hydroxyl groups is 1. The van der Waals surface area contributed by atoms with Gasteiger partial charge in [0.2, 0.25) is 0 Å². The zero-order valence-electron chi connectivity index (χ0n) is 16.6. The van der Waals surface area contributed by atoms with Crippen LogP contribution in [0, 0.1) is 6.92 Å². The van der Waals surface area contributed by atoms with Gasteiger partial charge in [-0.15, -0.1) is 0 Å². The summed E-state index contributed by atoms with van der Waals surface area (Å²) in [4.78, 5) is 18.5. The molecule has 152 valence electrons. The Balaban J connectivity index is 1.28. The Morgan fingerprint density at radius 1 is 1.21 bits per heavy atom. The molecule has 1 aromatic heterocycles. The number of H-pyrrole nitrogens is 1. The monoisotopic (exact) mass is 393 g/mol. The molecule has 29 heavy (non-hydrogen) atoms. The summed E-state index contributed by atoms with van der Waals surface area (Å²) in [6.07, 6.45) is 1.84. The first-order valence-electron chi connectivity index (χ1n) is 10.1. The highest BCUT2D eigenvalue weighted by atomic mass is 16.5. The number of para-hydroxylation sites is 1. The van der Waals surface area contributed by atoms with E-state index in [-0.39, 0.29) is 17.7 Å². The van der Waals surface area contributed by atoms with Crippen LogP contribution in [0.25, 0.3) is 10.9 Å². The number of hydrogen-bond acceptors (Lipinski definition) is 4. The van der Waals surface area contributed by atoms with Crippen molar-refractivity contribution in [3.05, 3.63) is 59.8 Å². The second-order valence-electron chi connectivity index (χ2n) is 7.61. The van der Waals surface area contributed by atoms with E-state index in [4.69, 9.17) is 4.74 Å². The minimum atomic E-state index is -0.0785. The summed E-state index contributed by atoms with van der Waals surface area (Å²) in [5.74, 6) is 0.983. The van der Waals surface area contributed by atoms with Crippen LogP contribution >= 0.6 is 0 Å². The fraction of sp³-hybridized carbons (Fsp3) is 0.348. The molecule has 0 bridgehead atoms. The smallest absolute Gasteiger partial charge is 0.253 e. The normalized spacial score (nSPS) is 15.5. The van der Waals surface area contributed by atoms with Crippen molar-refractivity contribution in [3.63, 3.8) is 0 Å². The van der Waals surface area contributed by atoms with Gasteiger partial charge in [-0.1, -0.05) is 18.2 Å². The van der Waals surface area contributed by atoms with Gasteiger partial charge in [0, 0.05) is 42.3 Å². The summed E-state index contributed by atoms with van der Waals surface area (Å²) in [6, 6.07) is 15.1. The Bertz CT molecular complexity index is 976. The lowest BCUT2D eigenvalue weighted by Gasteiger charge is -2.32. The molecule has 0 atom stereocenters. The molecule has 6 nitrogen and oxygen atoms in total. The Morgan fingerprint density at radius 2 is 1.97 bits per heavy atom. The van der Waals surface area contributed by atoms with Crippen molar-refractivity contribution in [1.29, 1.82) is 0 Å². The summed E-state index contributed by atoms with van der Waals surface area (Å²) in [7, 11) is 0. The Morgan fingerprint density at radius 3 is 2.72 bits per heavy atom. The van der Waals surface area contributed by atoms with Gasteiger partial charge in [0.15, 0.2) is 0 Å². The molecule has 6 heteroatoms. The first kappa shape index (κ1) is 19.3. The van der Waals surface area contributed by atoms with Crippen molar-refractivity contribution in [1.82, 2.24) is 15.2 Å². The number of carbonyl (C=O) groups is 1. The molecular formula is C23H27N3O3. The predicted octanol–water partition coefficient (Wildman–Crippen LogP) is 3.46. The molecule has 3 N–H and O–H groups in total. The molecule has 4 rings (SSSR count). The maximum atomic E-state index is 12.9. The van der Waals surface area contributed by atoms with E-state index in [2.05, 4.69) is 15.2 Å². The van der Waals surface area contributed by atoms with Gasteiger partial charge in [-0.2, -0.15) is 0 Å². The van der Waals surface area contributed by atoms with Gasteiger partial charge in [0.25, 0.3) is 5.91 Å². The second-order valence-corrected chi connectivity index (χ2v) is 7.61. The van der Waals surface area contributed by atoms with Gasteiger partial charge in [0.1, 0.15) is 18.1 Å². The van der Waals surface area contributed by atoms with Crippen molar-refractivity contribution in [2.45, 2.75) is 25.8 Å². The Kier molecular flexibility index (Phi) is 5.71. The average Bonchev–Trinajstić information content (AvgIpc) is 3.05. The van der Waals surface area contributed by atoms with E-state index in [0.29, 0.717) is 12.2 Å². The number of piperidine rings is 1. The van der Waals surface area contributed by atoms with Crippen LogP contribution in [0.15, 0.2) is 48.5 Å². The van der Waals surface area contributed by atoms with Crippen LogP contribution in [-0.2, 0) is 0 Å². The lowest BCUT2D eigenvalue weighted by atomic mass is 10.0. The quantitative estimate of drug-likeness (QED) is 0.599. The van der Waals surface area contributed by atoms with E-state index >= 15 is 0 Å². The van der Waals surface area contributed by atoms with E-state index in [1.165, 1.54) is 0 Å². The molecule has 2 aromatic carbocycles. The third kappa shape index (κ3) is 4.54. The number of carbonyl (C=O) groups excluding carboxylic acids is 1. The third-order valence-corrected chi connectivity index (χ3v) is 5.54. The molecule has 2 heterocycles. The zero-order valence-corrected chi connectivity index (χ0v) is 16.6. The number of ether oxygens (including phenoxy) is 1. The van der Waals surface area contributed by atoms with Crippen molar-refractivity contribution in [2.24, 2.45) is 0 Å². The zero-order chi connectivity index (χ0) is 20.2. The number of fused-ring (bicyclic) bond motifs is 1. The van der Waals surface area contributed by atoms with Gasteiger partial charge in [-0.3, -0.25) is 9.69 Å². The standard InChI is InChI=1S/C23H27N3O3/c1-16-22(20-15-18(27)7-8-21(20)24-16)23(28)25-17-9-11-26(12-10-17)13-14-29-19-5-3-2-4-6-19/h2-8,15,17,24,27H,9-14H2,1H3,(H,25,28). The molecule has 1 aliphatic heterocycles. The van der Waals surface area contributed by atoms with Gasteiger partial charge in [0.05, 0.1) is 5.56 Å². The van der Waals surface area contributed by atoms with Crippen LogP contribution in [0.3, 0.4) is 0 Å². The largest absolute Gasteiger partial charge is 0.508 e. The Labute approximate surface area is 170 Å². The van der Waals surface area contributed by atoms with Crippen LogP contribution < -0.4 is 10.1 Å². The van der Waals surface area contributed by atoms with Crippen LogP contribution in [0.4, 0.5) is 0 Å². The first-order chi connectivity index (χ1) is 14.1. The fourth-order valence-corrected chi connectivity index (χ4v) is 3.97. The van der Waals surface area contributed by atoms with Crippen molar-refractivity contribution < 1.29 is 14.6 Å². The molecule has 0 aliphatic carbocycles. The van der Waals surface area contributed by atoms with E-state index in [1.54, 1.807) is 18.2 Å². The van der Waals surface area contributed by atoms with Gasteiger partial charge in [-0.05, 0) is 50.1 Å². The number of aromatic amines is 1. The van der Waals surface area contributed by atoms with Gasteiger partial charge >= 0.3 is 0 Å². The lowest BCUT2D eigenvalue weighted by molar-refractivity contribution is 0.0906. The Hall–Kier alpha value is -2.99. The number of phenols is 1. The van der Waals surface area contributed by atoms with E-state index in [0.717, 1.165) is 54.8 Å². The van der Waals surface area contributed by atoms with Gasteiger partial charge in [-0.25, -0.2) is 0 Å². The van der Waals surface area contributed by atoms with E-state index in [9.17, 15) is 9.90 Å². The minimum Gasteiger partial charge on any atom is -0.508 e. The average molecular weight is 393 g/mol. The molecule has 1 aliphatic rings. The van der Waals surface area contributed by atoms with E-state index < -0.39 is 0 Å². The van der Waals surface area contributed by atoms with Crippen LogP contribution in [0.5, 0.6) is 11.5 Å². The second kappa shape index (κ2) is 8.57. The molecule has 0 saturated carbocycles. The molecule has 0 unspecified atom stereocenters. The van der Waals surface area contributed by atoms with Crippen LogP contribution in [-0.4, -0.2) is 53.2 Å². The van der Waals surface area contributed by atoms with Gasteiger partial charge < -0.3 is 20.1 Å². The fourth-order valence-electron chi connectivity index (χ4n) is 3.97. The third-order valence-electron chi connectivity index (χ3n) is 5.54. The summed E-state index contributed by atoms with van der Waals surface area (Å²) in [5.41, 5.74) is 2.30. The number of likely N-dealkylation sites (tertiary alicyclic amines) is 1. The summed E-state index contributed by atoms with van der Waals surface area (Å²) in [6.45, 7) is 5.32. The SMILES string of the molecule is Cc1[nH]c2ccc(O)cc2c1C(=O)NC1CCN(CCOc2ccccc2)CC1. The summed E-state index contributed by atoms with van der Waals surface area (Å²) in [5, 5.41) is 13.7. The van der Waals surface area contributed by atoms with Crippen LogP contribution in [0.1, 0.15) is 28.9 Å². The van der Waals surface area contributed by atoms with Crippen LogP contribution in [0.2, 0.25) is 0 Å². The number of phenolic OH excluding ortho intramolecular Hbond substituents is 1. The minimum absolute atomic E-state index is 0.0785. The molecule has 3 aromatic rings. The molecule has 0 spiro atoms. The lowest BCUT2D eigenvalue weighted by Crippen LogP contribution is -2.45. The van der Waals surface area contributed by atoms with Crippen molar-refractivity contribution in [3.8, 4) is 11.5 Å². The number of aromatic nitrogens is 1. The maximum absolute atomic E-state index is 12.9. The molecular weight excluding hydrogens is 366 g/mol. The highest BCUT2D eigenvalue weighted by molar-refractivity contribution is 6.08. The predicted molar refractivity (Wildman–Crippen MR) is 114 cm³/mol.